The summed E-state index contributed by atoms with van der Waals surface area (Å²) in [5, 5.41) is 39.0. The molecule has 3 atom stereocenters. The monoisotopic (exact) mass is 613 g/mol. The first-order valence-electron chi connectivity index (χ1n) is 11.1. The number of aliphatic hydroxyl groups is 1. The van der Waals surface area contributed by atoms with Gasteiger partial charge in [0.15, 0.2) is 0 Å². The predicted molar refractivity (Wildman–Crippen MR) is 135 cm³/mol. The van der Waals surface area contributed by atoms with Gasteiger partial charge in [-0.25, -0.2) is 0 Å². The number of amides is 3. The fraction of sp³-hybridized carbons (Fsp3) is 0.450. The van der Waals surface area contributed by atoms with Gasteiger partial charge in [-0.1, -0.05) is 0 Å². The normalized spacial score (nSPS) is 23.0. The van der Waals surface area contributed by atoms with Crippen molar-refractivity contribution in [3.8, 4) is 0 Å². The Bertz CT molecular complexity index is 1230. The van der Waals surface area contributed by atoms with E-state index in [-0.39, 0.29) is 29.8 Å². The van der Waals surface area contributed by atoms with Crippen LogP contribution in [0.2, 0.25) is 0 Å². The van der Waals surface area contributed by atoms with Crippen LogP contribution in [0.4, 0.5) is 0 Å². The van der Waals surface area contributed by atoms with Crippen LogP contribution in [0.15, 0.2) is 27.6 Å². The van der Waals surface area contributed by atoms with Crippen molar-refractivity contribution in [1.29, 1.82) is 0 Å². The number of fused-ring (bicyclic) bond motifs is 1. The van der Waals surface area contributed by atoms with E-state index >= 15 is 0 Å². The average Bonchev–Trinajstić information content (AvgIpc) is 3.50. The third-order valence-electron chi connectivity index (χ3n) is 5.93. The van der Waals surface area contributed by atoms with Crippen LogP contribution in [0.25, 0.3) is 0 Å². The summed E-state index contributed by atoms with van der Waals surface area (Å²) in [6, 6.07) is -1.05. The summed E-state index contributed by atoms with van der Waals surface area (Å²) in [6.07, 6.45) is 0.764. The Hall–Kier alpha value is -2.78. The van der Waals surface area contributed by atoms with Crippen molar-refractivity contribution in [2.24, 2.45) is 5.16 Å². The molecule has 4 rings (SSSR count). The van der Waals surface area contributed by atoms with E-state index < -0.39 is 34.9 Å². The van der Waals surface area contributed by atoms with Gasteiger partial charge < -0.3 is 15.7 Å². The van der Waals surface area contributed by atoms with E-state index in [1.165, 1.54) is 28.6 Å². The minimum absolute atomic E-state index is 0.0655. The quantitative estimate of drug-likeness (QED) is 0.0290. The maximum atomic E-state index is 13.1. The first-order chi connectivity index (χ1) is 17.8. The SMILES string of the molecule is O=C(O)C1=C(C(CCNCCO)=C2CCNC2=O)CS[C@@H]2[C@H](NC(=O)C(=NO)c3nsc([AsH2])n3)C(=O)N12. The molecule has 0 radical (unpaired) electrons. The molecule has 198 valence electrons. The molecule has 0 bridgehead atoms. The summed E-state index contributed by atoms with van der Waals surface area (Å²) >= 11 is 3.49. The van der Waals surface area contributed by atoms with E-state index in [0.29, 0.717) is 53.0 Å². The van der Waals surface area contributed by atoms with Crippen LogP contribution in [0, 0.1) is 0 Å². The molecular formula is C20H24AsN7O7S2. The van der Waals surface area contributed by atoms with E-state index in [0.717, 1.165) is 16.4 Å². The average molecular weight is 614 g/mol. The number of aromatic nitrogens is 2. The van der Waals surface area contributed by atoms with Crippen molar-refractivity contribution in [2.45, 2.75) is 24.3 Å². The first kappa shape index (κ1) is 27.3. The summed E-state index contributed by atoms with van der Waals surface area (Å²) in [6.45, 7) is 1.12. The summed E-state index contributed by atoms with van der Waals surface area (Å²) in [4.78, 5) is 55.8. The Labute approximate surface area is 227 Å². The molecule has 17 heteroatoms. The molecular weight excluding hydrogens is 589 g/mol. The number of hydrogen-bond donors (Lipinski definition) is 6. The summed E-state index contributed by atoms with van der Waals surface area (Å²) in [5.74, 6) is -2.96. The number of oxime groups is 1. The number of aliphatic carboxylic acids is 1. The van der Waals surface area contributed by atoms with Crippen LogP contribution < -0.4 is 19.7 Å². The molecule has 0 aliphatic carbocycles. The van der Waals surface area contributed by atoms with E-state index in [1.807, 2.05) is 0 Å². The number of carboxylic acids is 1. The van der Waals surface area contributed by atoms with Gasteiger partial charge in [0.2, 0.25) is 5.91 Å². The number of rotatable bonds is 10. The van der Waals surface area contributed by atoms with Crippen molar-refractivity contribution >= 4 is 73.3 Å². The molecule has 1 aromatic heterocycles. The Balaban J connectivity index is 1.59. The van der Waals surface area contributed by atoms with Gasteiger partial charge in [0, 0.05) is 18.7 Å². The number of hydrogen-bond acceptors (Lipinski definition) is 12. The summed E-state index contributed by atoms with van der Waals surface area (Å²) in [7, 11) is 0. The molecule has 0 spiro atoms. The van der Waals surface area contributed by atoms with Crippen LogP contribution in [0.3, 0.4) is 0 Å². The molecule has 2 saturated heterocycles. The number of carboxylic acid groups (broad SMARTS) is 1. The Morgan fingerprint density at radius 2 is 2.08 bits per heavy atom. The minimum atomic E-state index is -1.32. The van der Waals surface area contributed by atoms with Crippen LogP contribution in [0.1, 0.15) is 18.7 Å². The van der Waals surface area contributed by atoms with Gasteiger partial charge in [-0.2, -0.15) is 0 Å². The molecule has 37 heavy (non-hydrogen) atoms. The Morgan fingerprint density at radius 3 is 2.68 bits per heavy atom. The van der Waals surface area contributed by atoms with Crippen molar-refractivity contribution in [3.63, 3.8) is 0 Å². The van der Waals surface area contributed by atoms with Gasteiger partial charge >= 0.3 is 157 Å². The second kappa shape index (κ2) is 11.7. The van der Waals surface area contributed by atoms with Crippen molar-refractivity contribution in [3.05, 3.63) is 28.2 Å². The molecule has 6 N–H and O–H groups in total. The van der Waals surface area contributed by atoms with Gasteiger partial charge in [0.25, 0.3) is 0 Å². The molecule has 1 unspecified atom stereocenters. The van der Waals surface area contributed by atoms with Gasteiger partial charge in [0.1, 0.15) is 0 Å². The molecule has 1 aromatic rings. The van der Waals surface area contributed by atoms with E-state index in [1.54, 1.807) is 0 Å². The van der Waals surface area contributed by atoms with Gasteiger partial charge in [-0.05, 0) is 19.4 Å². The second-order valence-corrected chi connectivity index (χ2v) is 12.0. The summed E-state index contributed by atoms with van der Waals surface area (Å²) in [5.41, 5.74) is 0.750. The van der Waals surface area contributed by atoms with E-state index in [2.05, 4.69) is 30.5 Å². The molecule has 3 aliphatic rings. The number of β-lactam (4-membered cyclic amide) rings is 1. The molecule has 0 aromatic carbocycles. The number of aliphatic hydroxyl groups excluding tert-OH is 1. The summed E-state index contributed by atoms with van der Waals surface area (Å²) < 4.78 is 4.57. The zero-order valence-corrected chi connectivity index (χ0v) is 23.3. The standard InChI is InChI=1S/C20H24AsN7O7S2/c21-20-25-14(27-37-20)11(26-35)16(31)24-12-17(32)28-13(19(33)34)10(7-36-18(12)28)8(1-3-22-5-6-29)9-2-4-23-15(9)30/h12,18,22,29,35H,1-7,21H2,(H,23,30)(H,24,31)(H,33,34)/t12-,18-/m1/s1. The molecule has 3 aliphatic heterocycles. The van der Waals surface area contributed by atoms with E-state index in [9.17, 15) is 29.5 Å². The fourth-order valence-electron chi connectivity index (χ4n) is 4.29. The number of carbonyl (C=O) groups is 4. The molecule has 3 amide bonds. The van der Waals surface area contributed by atoms with Gasteiger partial charge in [-0.15, -0.1) is 0 Å². The predicted octanol–water partition coefficient (Wildman–Crippen LogP) is -3.50. The van der Waals surface area contributed by atoms with Crippen molar-refractivity contribution in [2.75, 3.05) is 32.0 Å². The fourth-order valence-corrected chi connectivity index (χ4v) is 6.70. The maximum absolute atomic E-state index is 13.1. The number of nitrogens with zero attached hydrogens (tertiary/aromatic N) is 4. The van der Waals surface area contributed by atoms with Crippen LogP contribution in [-0.4, -0.2) is 119 Å². The molecule has 0 saturated carbocycles. The Kier molecular flexibility index (Phi) is 8.64. The zero-order valence-electron chi connectivity index (χ0n) is 19.3. The van der Waals surface area contributed by atoms with Gasteiger partial charge in [-0.3, -0.25) is 4.79 Å². The van der Waals surface area contributed by atoms with Crippen LogP contribution >= 0.6 is 23.3 Å². The third kappa shape index (κ3) is 5.43. The van der Waals surface area contributed by atoms with E-state index in [4.69, 9.17) is 5.11 Å². The van der Waals surface area contributed by atoms with Crippen LogP contribution in [-0.2, 0) is 19.2 Å². The van der Waals surface area contributed by atoms with Crippen molar-refractivity contribution < 1.29 is 34.6 Å². The number of carbonyl (C=O) groups excluding carboxylic acids is 3. The third-order valence-corrected chi connectivity index (χ3v) is 8.69. The number of thioether (sulfide) groups is 1. The Morgan fingerprint density at radius 1 is 1.30 bits per heavy atom. The zero-order chi connectivity index (χ0) is 26.7. The van der Waals surface area contributed by atoms with Crippen molar-refractivity contribution in [1.82, 2.24) is 30.2 Å². The molecule has 2 fully saturated rings. The number of nitrogens with one attached hydrogen (secondary N) is 3. The second-order valence-electron chi connectivity index (χ2n) is 8.08. The first-order valence-corrected chi connectivity index (χ1v) is 14.2. The van der Waals surface area contributed by atoms with Crippen LogP contribution in [0.5, 0.6) is 0 Å². The molecule has 4 heterocycles. The van der Waals surface area contributed by atoms with Gasteiger partial charge in [0.05, 0.1) is 6.61 Å². The molecule has 14 nitrogen and oxygen atoms in total. The topological polar surface area (TPSA) is 206 Å².